The van der Waals surface area contributed by atoms with Crippen LogP contribution in [0.15, 0.2) is 0 Å². The molecule has 4 heteroatoms. The molecule has 1 saturated heterocycles. The van der Waals surface area contributed by atoms with Crippen molar-refractivity contribution in [2.45, 2.75) is 19.3 Å². The Hall–Kier alpha value is -0.190. The van der Waals surface area contributed by atoms with Crippen molar-refractivity contribution in [2.75, 3.05) is 26.2 Å². The molecule has 0 saturated carbocycles. The van der Waals surface area contributed by atoms with E-state index < -0.39 is 0 Å². The largest absolute Gasteiger partial charge is 0.396 e. The van der Waals surface area contributed by atoms with Crippen LogP contribution in [-0.2, 0) is 0 Å². The molecule has 76 valence electrons. The molecule has 1 unspecified atom stereocenters. The number of piperidine rings is 1. The Labute approximate surface area is 84.9 Å². The van der Waals surface area contributed by atoms with Gasteiger partial charge < -0.3 is 15.7 Å². The first-order valence-electron chi connectivity index (χ1n) is 4.86. The van der Waals surface area contributed by atoms with Crippen molar-refractivity contribution in [3.8, 4) is 0 Å². The van der Waals surface area contributed by atoms with Crippen LogP contribution in [0.4, 0.5) is 0 Å². The van der Waals surface area contributed by atoms with Gasteiger partial charge in [0.05, 0.1) is 4.99 Å². The highest BCUT2D eigenvalue weighted by molar-refractivity contribution is 7.80. The minimum Gasteiger partial charge on any atom is -0.396 e. The summed E-state index contributed by atoms with van der Waals surface area (Å²) in [4.78, 5) is 2.98. The minimum atomic E-state index is 0.272. The average Bonchev–Trinajstić information content (AvgIpc) is 2.15. The fraction of sp³-hybridized carbons (Fsp3) is 0.889. The van der Waals surface area contributed by atoms with Gasteiger partial charge in [-0.2, -0.15) is 0 Å². The summed E-state index contributed by atoms with van der Waals surface area (Å²) in [5, 5.41) is 8.69. The Kier molecular flexibility index (Phi) is 4.62. The molecule has 0 radical (unpaired) electrons. The van der Waals surface area contributed by atoms with Crippen LogP contribution in [0, 0.1) is 5.92 Å². The zero-order valence-electron chi connectivity index (χ0n) is 7.91. The summed E-state index contributed by atoms with van der Waals surface area (Å²) in [6.07, 6.45) is 3.16. The number of thiocarbonyl (C=S) groups is 1. The molecule has 1 fully saturated rings. The van der Waals surface area contributed by atoms with Crippen molar-refractivity contribution >= 4 is 17.2 Å². The molecule has 0 aliphatic carbocycles. The van der Waals surface area contributed by atoms with Gasteiger partial charge in [-0.25, -0.2) is 0 Å². The Morgan fingerprint density at radius 1 is 1.62 bits per heavy atom. The second-order valence-electron chi connectivity index (χ2n) is 3.62. The van der Waals surface area contributed by atoms with Crippen LogP contribution < -0.4 is 5.73 Å². The fourth-order valence-electron chi connectivity index (χ4n) is 1.79. The lowest BCUT2D eigenvalue weighted by Gasteiger charge is -2.31. The van der Waals surface area contributed by atoms with Crippen molar-refractivity contribution in [3.05, 3.63) is 0 Å². The van der Waals surface area contributed by atoms with E-state index in [9.17, 15) is 0 Å². The summed E-state index contributed by atoms with van der Waals surface area (Å²) in [6.45, 7) is 3.35. The molecule has 1 aliphatic rings. The van der Waals surface area contributed by atoms with Gasteiger partial charge in [-0.05, 0) is 25.8 Å². The van der Waals surface area contributed by atoms with Crippen molar-refractivity contribution in [2.24, 2.45) is 11.7 Å². The fourth-order valence-corrected chi connectivity index (χ4v) is 1.98. The van der Waals surface area contributed by atoms with Crippen molar-refractivity contribution in [3.63, 3.8) is 0 Å². The Bertz CT molecular complexity index is 175. The predicted octanol–water partition coefficient (Wildman–Crippen LogP) is 0.367. The van der Waals surface area contributed by atoms with Crippen LogP contribution >= 0.6 is 12.2 Å². The standard InChI is InChI=1S/C9H18N2OS/c10-9(13)8-3-1-4-11(7-8)5-2-6-12/h8,12H,1-7H2,(H2,10,13). The molecule has 0 aromatic carbocycles. The van der Waals surface area contributed by atoms with Crippen LogP contribution in [-0.4, -0.2) is 41.2 Å². The normalized spacial score (nSPS) is 24.5. The summed E-state index contributed by atoms with van der Waals surface area (Å²) < 4.78 is 0. The Morgan fingerprint density at radius 3 is 3.00 bits per heavy atom. The lowest BCUT2D eigenvalue weighted by atomic mass is 9.98. The van der Waals surface area contributed by atoms with E-state index in [0.29, 0.717) is 10.9 Å². The third-order valence-electron chi connectivity index (χ3n) is 2.54. The molecule has 0 bridgehead atoms. The number of nitrogens with two attached hydrogens (primary N) is 1. The number of hydrogen-bond acceptors (Lipinski definition) is 3. The molecular formula is C9H18N2OS. The van der Waals surface area contributed by atoms with Gasteiger partial charge in [0.25, 0.3) is 0 Å². The van der Waals surface area contributed by atoms with Crippen LogP contribution in [0.1, 0.15) is 19.3 Å². The zero-order valence-corrected chi connectivity index (χ0v) is 8.72. The molecule has 0 spiro atoms. The summed E-state index contributed by atoms with van der Waals surface area (Å²) in [5.41, 5.74) is 5.61. The molecule has 3 nitrogen and oxygen atoms in total. The van der Waals surface area contributed by atoms with Crippen molar-refractivity contribution < 1.29 is 5.11 Å². The van der Waals surface area contributed by atoms with Crippen LogP contribution in [0.5, 0.6) is 0 Å². The van der Waals surface area contributed by atoms with Gasteiger partial charge in [0.15, 0.2) is 0 Å². The smallest absolute Gasteiger partial charge is 0.0771 e. The maximum absolute atomic E-state index is 8.69. The van der Waals surface area contributed by atoms with Gasteiger partial charge in [-0.15, -0.1) is 0 Å². The van der Waals surface area contributed by atoms with E-state index in [4.69, 9.17) is 23.1 Å². The van der Waals surface area contributed by atoms with Crippen LogP contribution in [0.2, 0.25) is 0 Å². The highest BCUT2D eigenvalue weighted by atomic mass is 32.1. The van der Waals surface area contributed by atoms with Crippen LogP contribution in [0.25, 0.3) is 0 Å². The predicted molar refractivity (Wildman–Crippen MR) is 57.7 cm³/mol. The highest BCUT2D eigenvalue weighted by Gasteiger charge is 2.20. The molecule has 0 aromatic rings. The molecule has 13 heavy (non-hydrogen) atoms. The first-order chi connectivity index (χ1) is 6.24. The molecule has 1 heterocycles. The van der Waals surface area contributed by atoms with E-state index in [2.05, 4.69) is 4.90 Å². The monoisotopic (exact) mass is 202 g/mol. The van der Waals surface area contributed by atoms with Gasteiger partial charge in [-0.3, -0.25) is 0 Å². The minimum absolute atomic E-state index is 0.272. The first kappa shape index (κ1) is 10.9. The second-order valence-corrected chi connectivity index (χ2v) is 4.09. The number of hydrogen-bond donors (Lipinski definition) is 2. The van der Waals surface area contributed by atoms with Gasteiger partial charge >= 0.3 is 0 Å². The average molecular weight is 202 g/mol. The second kappa shape index (κ2) is 5.52. The van der Waals surface area contributed by atoms with E-state index in [1.54, 1.807) is 0 Å². The van der Waals surface area contributed by atoms with Gasteiger partial charge in [0.2, 0.25) is 0 Å². The molecule has 1 aliphatic heterocycles. The lowest BCUT2D eigenvalue weighted by Crippen LogP contribution is -2.40. The summed E-state index contributed by atoms with van der Waals surface area (Å²) in [7, 11) is 0. The van der Waals surface area contributed by atoms with E-state index in [1.807, 2.05) is 0 Å². The van der Waals surface area contributed by atoms with Gasteiger partial charge in [0.1, 0.15) is 0 Å². The molecular weight excluding hydrogens is 184 g/mol. The molecule has 0 amide bonds. The van der Waals surface area contributed by atoms with E-state index >= 15 is 0 Å². The first-order valence-corrected chi connectivity index (χ1v) is 5.27. The number of likely N-dealkylation sites (tertiary alicyclic amines) is 1. The van der Waals surface area contributed by atoms with Crippen molar-refractivity contribution in [1.29, 1.82) is 0 Å². The Morgan fingerprint density at radius 2 is 2.38 bits per heavy atom. The maximum atomic E-state index is 8.69. The number of aliphatic hydroxyl groups is 1. The molecule has 1 atom stereocenters. The Balaban J connectivity index is 2.29. The third-order valence-corrected chi connectivity index (χ3v) is 2.87. The van der Waals surface area contributed by atoms with E-state index in [-0.39, 0.29) is 6.61 Å². The lowest BCUT2D eigenvalue weighted by molar-refractivity contribution is 0.182. The topological polar surface area (TPSA) is 49.5 Å². The van der Waals surface area contributed by atoms with E-state index in [0.717, 1.165) is 32.5 Å². The number of nitrogens with zero attached hydrogens (tertiary/aromatic N) is 1. The quantitative estimate of drug-likeness (QED) is 0.647. The SMILES string of the molecule is NC(=S)C1CCCN(CCCO)C1. The third kappa shape index (κ3) is 3.58. The van der Waals surface area contributed by atoms with Crippen molar-refractivity contribution in [1.82, 2.24) is 4.90 Å². The summed E-state index contributed by atoms with van der Waals surface area (Å²) in [6, 6.07) is 0. The van der Waals surface area contributed by atoms with E-state index in [1.165, 1.54) is 6.42 Å². The summed E-state index contributed by atoms with van der Waals surface area (Å²) in [5.74, 6) is 0.391. The molecule has 3 N–H and O–H groups in total. The zero-order chi connectivity index (χ0) is 9.68. The van der Waals surface area contributed by atoms with Gasteiger partial charge in [-0.1, -0.05) is 12.2 Å². The van der Waals surface area contributed by atoms with Crippen LogP contribution in [0.3, 0.4) is 0 Å². The summed E-state index contributed by atoms with van der Waals surface area (Å²) >= 11 is 4.98. The number of aliphatic hydroxyl groups excluding tert-OH is 1. The van der Waals surface area contributed by atoms with Gasteiger partial charge in [0, 0.05) is 25.6 Å². The number of rotatable bonds is 4. The molecule has 1 rings (SSSR count). The maximum Gasteiger partial charge on any atom is 0.0771 e. The molecule has 0 aromatic heterocycles. The highest BCUT2D eigenvalue weighted by Crippen LogP contribution is 2.16.